The van der Waals surface area contributed by atoms with Crippen molar-refractivity contribution in [2.75, 3.05) is 5.32 Å². The molecule has 1 N–H and O–H groups in total. The minimum Gasteiger partial charge on any atom is -0.375 e. The third-order valence-electron chi connectivity index (χ3n) is 4.88. The molecular formula is C25H26ClNOS. The summed E-state index contributed by atoms with van der Waals surface area (Å²) in [6.45, 7) is 5.86. The van der Waals surface area contributed by atoms with Crippen LogP contribution in [0, 0.1) is 6.92 Å². The molecule has 4 heteroatoms. The molecule has 0 spiro atoms. The van der Waals surface area contributed by atoms with Crippen LogP contribution in [-0.4, -0.2) is 8.42 Å². The van der Waals surface area contributed by atoms with E-state index in [4.69, 9.17) is 11.6 Å². The van der Waals surface area contributed by atoms with E-state index in [9.17, 15) is 4.21 Å². The zero-order valence-corrected chi connectivity index (χ0v) is 18.1. The molecule has 0 aliphatic rings. The predicted octanol–water partition coefficient (Wildman–Crippen LogP) is 6.86. The quantitative estimate of drug-likeness (QED) is 0.301. The first-order valence-corrected chi connectivity index (χ1v) is 11.2. The van der Waals surface area contributed by atoms with Crippen LogP contribution in [0.3, 0.4) is 0 Å². The van der Waals surface area contributed by atoms with Crippen molar-refractivity contribution in [2.45, 2.75) is 34.9 Å². The van der Waals surface area contributed by atoms with Gasteiger partial charge in [-0.05, 0) is 49.6 Å². The summed E-state index contributed by atoms with van der Waals surface area (Å²) in [6.07, 6.45) is 3.02. The number of alkyl halides is 1. The van der Waals surface area contributed by atoms with E-state index >= 15 is 0 Å². The van der Waals surface area contributed by atoms with Gasteiger partial charge < -0.3 is 5.32 Å². The van der Waals surface area contributed by atoms with Crippen molar-refractivity contribution in [3.8, 4) is 0 Å². The minimum absolute atomic E-state index is 0.352. The monoisotopic (exact) mass is 423 g/mol. The Hall–Kier alpha value is -2.36. The molecule has 3 rings (SSSR count). The first kappa shape index (κ1) is 21.4. The number of rotatable bonds is 9. The highest BCUT2D eigenvalue weighted by Crippen LogP contribution is 2.43. The van der Waals surface area contributed by atoms with Crippen LogP contribution in [0.25, 0.3) is 0 Å². The summed E-state index contributed by atoms with van der Waals surface area (Å²) in [6, 6.07) is 27.3. The van der Waals surface area contributed by atoms with Crippen LogP contribution in [0.15, 0.2) is 102 Å². The maximum atomic E-state index is 13.8. The number of halogens is 1. The Labute approximate surface area is 181 Å². The third kappa shape index (κ3) is 5.17. The number of hydrogen-bond donors (Lipinski definition) is 1. The molecule has 0 heterocycles. The van der Waals surface area contributed by atoms with Crippen LogP contribution >= 0.6 is 11.6 Å². The number of nitrogens with one attached hydrogen (secondary N) is 1. The van der Waals surface area contributed by atoms with E-state index in [2.05, 4.69) is 11.9 Å². The molecule has 0 radical (unpaired) electrons. The number of para-hydroxylation sites is 1. The van der Waals surface area contributed by atoms with Gasteiger partial charge in [0.15, 0.2) is 0 Å². The largest absolute Gasteiger partial charge is 0.375 e. The number of allylic oxidation sites excluding steroid dienone is 1. The fraction of sp³-hybridized carbons (Fsp3) is 0.200. The second-order valence-electron chi connectivity index (χ2n) is 7.05. The minimum atomic E-state index is -1.45. The lowest BCUT2D eigenvalue weighted by Gasteiger charge is -2.36. The van der Waals surface area contributed by atoms with Crippen molar-refractivity contribution in [1.29, 1.82) is 0 Å². The van der Waals surface area contributed by atoms with E-state index in [0.717, 1.165) is 21.7 Å². The van der Waals surface area contributed by atoms with Gasteiger partial charge in [0.25, 0.3) is 0 Å². The summed E-state index contributed by atoms with van der Waals surface area (Å²) in [4.78, 5) is 0.727. The molecule has 3 aromatic carbocycles. The smallest absolute Gasteiger partial charge is 0.148 e. The second kappa shape index (κ2) is 9.91. The molecule has 0 unspecified atom stereocenters. The van der Waals surface area contributed by atoms with Crippen LogP contribution in [0.1, 0.15) is 30.0 Å². The van der Waals surface area contributed by atoms with Crippen LogP contribution in [0.2, 0.25) is 0 Å². The van der Waals surface area contributed by atoms with Gasteiger partial charge in [-0.1, -0.05) is 72.3 Å². The van der Waals surface area contributed by atoms with Gasteiger partial charge in [-0.15, -0.1) is 18.2 Å². The van der Waals surface area contributed by atoms with E-state index in [1.165, 1.54) is 0 Å². The molecule has 0 bridgehead atoms. The number of benzene rings is 3. The Morgan fingerprint density at radius 2 is 1.59 bits per heavy atom. The SMILES string of the molecule is C=CCC[C@@](Cl)([C@H](Nc1ccccc1)c1ccccc1)[S@](=O)c1ccc(C)cc1. The van der Waals surface area contributed by atoms with Gasteiger partial charge in [-0.3, -0.25) is 4.21 Å². The normalized spacial score (nSPS) is 15.1. The van der Waals surface area contributed by atoms with E-state index in [1.54, 1.807) is 0 Å². The van der Waals surface area contributed by atoms with Crippen molar-refractivity contribution in [2.24, 2.45) is 0 Å². The summed E-state index contributed by atoms with van der Waals surface area (Å²) < 4.78 is 12.7. The van der Waals surface area contributed by atoms with Crippen molar-refractivity contribution >= 4 is 28.1 Å². The number of hydrogen-bond acceptors (Lipinski definition) is 2. The van der Waals surface area contributed by atoms with E-state index in [0.29, 0.717) is 12.8 Å². The summed E-state index contributed by atoms with van der Waals surface area (Å²) in [5.41, 5.74) is 3.06. The van der Waals surface area contributed by atoms with Crippen molar-refractivity contribution in [3.63, 3.8) is 0 Å². The van der Waals surface area contributed by atoms with Gasteiger partial charge in [-0.2, -0.15) is 0 Å². The van der Waals surface area contributed by atoms with Gasteiger partial charge >= 0.3 is 0 Å². The lowest BCUT2D eigenvalue weighted by molar-refractivity contribution is 0.581. The molecule has 0 saturated heterocycles. The molecule has 0 aliphatic carbocycles. The van der Waals surface area contributed by atoms with Gasteiger partial charge in [-0.25, -0.2) is 0 Å². The summed E-state index contributed by atoms with van der Waals surface area (Å²) in [5, 5.41) is 3.55. The molecule has 3 aromatic rings. The van der Waals surface area contributed by atoms with Gasteiger partial charge in [0, 0.05) is 10.6 Å². The fourth-order valence-electron chi connectivity index (χ4n) is 3.29. The van der Waals surface area contributed by atoms with E-state index in [-0.39, 0.29) is 6.04 Å². The molecule has 3 atom stereocenters. The average molecular weight is 424 g/mol. The van der Waals surface area contributed by atoms with Crippen molar-refractivity contribution in [3.05, 3.63) is 109 Å². The molecule has 0 fully saturated rings. The molecule has 0 saturated carbocycles. The Morgan fingerprint density at radius 3 is 2.17 bits per heavy atom. The number of aryl methyl sites for hydroxylation is 1. The highest BCUT2D eigenvalue weighted by atomic mass is 35.5. The zero-order valence-electron chi connectivity index (χ0n) is 16.6. The first-order chi connectivity index (χ1) is 14.0. The molecule has 0 aliphatic heterocycles. The van der Waals surface area contributed by atoms with E-state index in [1.807, 2.05) is 97.9 Å². The summed E-state index contributed by atoms with van der Waals surface area (Å²) in [5.74, 6) is 0. The summed E-state index contributed by atoms with van der Waals surface area (Å²) in [7, 11) is -1.45. The van der Waals surface area contributed by atoms with Crippen LogP contribution in [-0.2, 0) is 10.8 Å². The fourth-order valence-corrected chi connectivity index (χ4v) is 5.33. The van der Waals surface area contributed by atoms with Crippen LogP contribution in [0.5, 0.6) is 0 Å². The average Bonchev–Trinajstić information content (AvgIpc) is 2.77. The van der Waals surface area contributed by atoms with Gasteiger partial charge in [0.05, 0.1) is 16.8 Å². The molecule has 29 heavy (non-hydrogen) atoms. The predicted molar refractivity (Wildman–Crippen MR) is 125 cm³/mol. The third-order valence-corrected chi connectivity index (χ3v) is 7.47. The maximum absolute atomic E-state index is 13.8. The Kier molecular flexibility index (Phi) is 7.29. The molecule has 0 amide bonds. The Bertz CT molecular complexity index is 944. The second-order valence-corrected chi connectivity index (χ2v) is 9.69. The van der Waals surface area contributed by atoms with Crippen LogP contribution < -0.4 is 5.32 Å². The maximum Gasteiger partial charge on any atom is 0.148 e. The van der Waals surface area contributed by atoms with E-state index < -0.39 is 15.0 Å². The molecular weight excluding hydrogens is 398 g/mol. The topological polar surface area (TPSA) is 29.1 Å². The standard InChI is InChI=1S/C25H26ClNOS/c1-3-4-19-25(26,29(28)23-17-15-20(2)16-18-23)24(21-11-7-5-8-12-21)27-22-13-9-6-10-14-22/h3,5-18,24,27H,1,4,19H2,2H3/t24-,25+,29-/m1/s1. The lowest BCUT2D eigenvalue weighted by atomic mass is 9.99. The van der Waals surface area contributed by atoms with Crippen molar-refractivity contribution < 1.29 is 4.21 Å². The zero-order chi connectivity index (χ0) is 20.7. The summed E-state index contributed by atoms with van der Waals surface area (Å²) >= 11 is 7.28. The highest BCUT2D eigenvalue weighted by molar-refractivity contribution is 7.88. The van der Waals surface area contributed by atoms with Gasteiger partial charge in [0.2, 0.25) is 0 Å². The Balaban J connectivity index is 2.07. The van der Waals surface area contributed by atoms with Crippen LogP contribution in [0.4, 0.5) is 5.69 Å². The highest BCUT2D eigenvalue weighted by Gasteiger charge is 2.44. The molecule has 2 nitrogen and oxygen atoms in total. The molecule has 0 aromatic heterocycles. The number of anilines is 1. The lowest BCUT2D eigenvalue weighted by Crippen LogP contribution is -2.39. The van der Waals surface area contributed by atoms with Crippen molar-refractivity contribution in [1.82, 2.24) is 0 Å². The first-order valence-electron chi connectivity index (χ1n) is 9.69. The molecule has 150 valence electrons. The Morgan fingerprint density at radius 1 is 1.00 bits per heavy atom. The van der Waals surface area contributed by atoms with Gasteiger partial charge in [0.1, 0.15) is 4.21 Å².